The van der Waals surface area contributed by atoms with Crippen molar-refractivity contribution in [3.05, 3.63) is 30.0 Å². The van der Waals surface area contributed by atoms with E-state index in [1.807, 2.05) is 38.4 Å². The third-order valence-corrected chi connectivity index (χ3v) is 2.74. The molecule has 0 fully saturated rings. The van der Waals surface area contributed by atoms with Crippen LogP contribution in [0.4, 0.5) is 5.69 Å². The van der Waals surface area contributed by atoms with Crippen LogP contribution in [0.2, 0.25) is 0 Å². The van der Waals surface area contributed by atoms with Crippen molar-refractivity contribution in [2.24, 2.45) is 5.73 Å². The molecule has 0 aliphatic heterocycles. The van der Waals surface area contributed by atoms with Gasteiger partial charge in [-0.3, -0.25) is 4.98 Å². The molecule has 0 spiro atoms. The normalized spacial score (nSPS) is 10.6. The zero-order valence-electron chi connectivity index (χ0n) is 10.4. The SMILES string of the molecule is COc1ccc2nc(CN)cc(N(C)C)c2c1. The van der Waals surface area contributed by atoms with E-state index in [2.05, 4.69) is 9.88 Å². The lowest BCUT2D eigenvalue weighted by atomic mass is 10.1. The fourth-order valence-electron chi connectivity index (χ4n) is 1.84. The molecule has 0 aliphatic carbocycles. The number of nitrogens with zero attached hydrogens (tertiary/aromatic N) is 2. The van der Waals surface area contributed by atoms with E-state index in [4.69, 9.17) is 10.5 Å². The minimum absolute atomic E-state index is 0.447. The van der Waals surface area contributed by atoms with E-state index in [1.165, 1.54) is 0 Å². The number of benzene rings is 1. The molecule has 2 rings (SSSR count). The first-order chi connectivity index (χ1) is 8.15. The second-order valence-electron chi connectivity index (χ2n) is 4.11. The Balaban J connectivity index is 2.72. The highest BCUT2D eigenvalue weighted by Crippen LogP contribution is 2.28. The Hall–Kier alpha value is -1.81. The minimum atomic E-state index is 0.447. The number of pyridine rings is 1. The molecule has 0 radical (unpaired) electrons. The summed E-state index contributed by atoms with van der Waals surface area (Å²) in [6, 6.07) is 7.88. The topological polar surface area (TPSA) is 51.4 Å². The van der Waals surface area contributed by atoms with Crippen LogP contribution in [-0.2, 0) is 6.54 Å². The van der Waals surface area contributed by atoms with E-state index in [0.717, 1.165) is 28.0 Å². The van der Waals surface area contributed by atoms with Gasteiger partial charge in [-0.25, -0.2) is 0 Å². The Bertz CT molecular complexity index is 537. The number of ether oxygens (including phenoxy) is 1. The molecule has 0 atom stereocenters. The Kier molecular flexibility index (Phi) is 3.15. The predicted molar refractivity (Wildman–Crippen MR) is 70.5 cm³/mol. The second-order valence-corrected chi connectivity index (χ2v) is 4.11. The van der Waals surface area contributed by atoms with Crippen LogP contribution >= 0.6 is 0 Å². The van der Waals surface area contributed by atoms with Crippen molar-refractivity contribution in [3.63, 3.8) is 0 Å². The maximum atomic E-state index is 5.66. The first-order valence-electron chi connectivity index (χ1n) is 5.50. The molecule has 2 aromatic rings. The van der Waals surface area contributed by atoms with Gasteiger partial charge in [0.1, 0.15) is 5.75 Å². The van der Waals surface area contributed by atoms with E-state index in [1.54, 1.807) is 7.11 Å². The summed E-state index contributed by atoms with van der Waals surface area (Å²) in [5.74, 6) is 0.836. The molecule has 0 aliphatic rings. The molecule has 4 nitrogen and oxygen atoms in total. The van der Waals surface area contributed by atoms with Crippen molar-refractivity contribution in [1.82, 2.24) is 4.98 Å². The van der Waals surface area contributed by atoms with Gasteiger partial charge >= 0.3 is 0 Å². The molecule has 90 valence electrons. The fourth-order valence-corrected chi connectivity index (χ4v) is 1.84. The van der Waals surface area contributed by atoms with E-state index in [9.17, 15) is 0 Å². The molecule has 1 aromatic carbocycles. The maximum absolute atomic E-state index is 5.66. The number of hydrogen-bond donors (Lipinski definition) is 1. The number of rotatable bonds is 3. The molecule has 0 saturated heterocycles. The summed E-state index contributed by atoms with van der Waals surface area (Å²) in [7, 11) is 5.68. The first kappa shape index (κ1) is 11.7. The summed E-state index contributed by atoms with van der Waals surface area (Å²) in [6.45, 7) is 0.447. The maximum Gasteiger partial charge on any atom is 0.119 e. The fraction of sp³-hybridized carbons (Fsp3) is 0.308. The highest BCUT2D eigenvalue weighted by atomic mass is 16.5. The van der Waals surface area contributed by atoms with Gasteiger partial charge in [-0.05, 0) is 24.3 Å². The predicted octanol–water partition coefficient (Wildman–Crippen LogP) is 1.77. The lowest BCUT2D eigenvalue weighted by Crippen LogP contribution is -2.11. The largest absolute Gasteiger partial charge is 0.497 e. The number of nitrogens with two attached hydrogens (primary N) is 1. The van der Waals surface area contributed by atoms with Crippen molar-refractivity contribution >= 4 is 16.6 Å². The molecule has 2 N–H and O–H groups in total. The van der Waals surface area contributed by atoms with E-state index < -0.39 is 0 Å². The highest BCUT2D eigenvalue weighted by Gasteiger charge is 2.08. The van der Waals surface area contributed by atoms with Crippen molar-refractivity contribution in [2.45, 2.75) is 6.54 Å². The molecule has 17 heavy (non-hydrogen) atoms. The standard InChI is InChI=1S/C13H17N3O/c1-16(2)13-6-9(8-14)15-12-5-4-10(17-3)7-11(12)13/h4-7H,8,14H2,1-3H3. The van der Waals surface area contributed by atoms with Crippen molar-refractivity contribution < 1.29 is 4.74 Å². The molecule has 0 saturated carbocycles. The van der Waals surface area contributed by atoms with E-state index >= 15 is 0 Å². The van der Waals surface area contributed by atoms with Gasteiger partial charge in [0, 0.05) is 31.7 Å². The summed E-state index contributed by atoms with van der Waals surface area (Å²) in [5, 5.41) is 1.08. The lowest BCUT2D eigenvalue weighted by Gasteiger charge is -2.17. The Morgan fingerprint density at radius 1 is 1.29 bits per heavy atom. The molecule has 1 heterocycles. The van der Waals surface area contributed by atoms with Gasteiger partial charge in [0.2, 0.25) is 0 Å². The molecule has 4 heteroatoms. The van der Waals surface area contributed by atoms with Gasteiger partial charge in [-0.2, -0.15) is 0 Å². The van der Waals surface area contributed by atoms with Crippen molar-refractivity contribution in [3.8, 4) is 5.75 Å². The van der Waals surface area contributed by atoms with E-state index in [-0.39, 0.29) is 0 Å². The quantitative estimate of drug-likeness (QED) is 0.874. The molecule has 1 aromatic heterocycles. The summed E-state index contributed by atoms with van der Waals surface area (Å²) in [4.78, 5) is 6.56. The number of anilines is 1. The number of fused-ring (bicyclic) bond motifs is 1. The molecule has 0 bridgehead atoms. The summed E-state index contributed by atoms with van der Waals surface area (Å²) in [5.41, 5.74) is 8.60. The van der Waals surface area contributed by atoms with Crippen LogP contribution in [0.25, 0.3) is 10.9 Å². The number of hydrogen-bond acceptors (Lipinski definition) is 4. The van der Waals surface area contributed by atoms with Crippen LogP contribution in [-0.4, -0.2) is 26.2 Å². The van der Waals surface area contributed by atoms with Gasteiger partial charge in [0.05, 0.1) is 18.3 Å². The first-order valence-corrected chi connectivity index (χ1v) is 5.50. The summed E-state index contributed by atoms with van der Waals surface area (Å²) in [6.07, 6.45) is 0. The minimum Gasteiger partial charge on any atom is -0.497 e. The Morgan fingerprint density at radius 2 is 2.06 bits per heavy atom. The summed E-state index contributed by atoms with van der Waals surface area (Å²) >= 11 is 0. The van der Waals surface area contributed by atoms with Crippen LogP contribution < -0.4 is 15.4 Å². The summed E-state index contributed by atoms with van der Waals surface area (Å²) < 4.78 is 5.24. The average molecular weight is 231 g/mol. The molecular weight excluding hydrogens is 214 g/mol. The van der Waals surface area contributed by atoms with Crippen LogP contribution in [0.5, 0.6) is 5.75 Å². The average Bonchev–Trinajstić information content (AvgIpc) is 2.36. The lowest BCUT2D eigenvalue weighted by molar-refractivity contribution is 0.415. The van der Waals surface area contributed by atoms with E-state index in [0.29, 0.717) is 6.54 Å². The third kappa shape index (κ3) is 2.17. The van der Waals surface area contributed by atoms with Gasteiger partial charge in [0.15, 0.2) is 0 Å². The van der Waals surface area contributed by atoms with Gasteiger partial charge in [0.25, 0.3) is 0 Å². The molecular formula is C13H17N3O. The molecule has 0 unspecified atom stereocenters. The smallest absolute Gasteiger partial charge is 0.119 e. The van der Waals surface area contributed by atoms with Crippen molar-refractivity contribution in [2.75, 3.05) is 26.1 Å². The molecule has 0 amide bonds. The van der Waals surface area contributed by atoms with Crippen LogP contribution in [0, 0.1) is 0 Å². The van der Waals surface area contributed by atoms with Crippen LogP contribution in [0.1, 0.15) is 5.69 Å². The Labute approximate surface area is 101 Å². The van der Waals surface area contributed by atoms with Gasteiger partial charge < -0.3 is 15.4 Å². The number of methoxy groups -OCH3 is 1. The van der Waals surface area contributed by atoms with Crippen LogP contribution in [0.3, 0.4) is 0 Å². The number of aromatic nitrogens is 1. The zero-order valence-corrected chi connectivity index (χ0v) is 10.4. The monoisotopic (exact) mass is 231 g/mol. The van der Waals surface area contributed by atoms with Gasteiger partial charge in [-0.1, -0.05) is 0 Å². The third-order valence-electron chi connectivity index (χ3n) is 2.74. The highest BCUT2D eigenvalue weighted by molar-refractivity contribution is 5.92. The van der Waals surface area contributed by atoms with Crippen molar-refractivity contribution in [1.29, 1.82) is 0 Å². The van der Waals surface area contributed by atoms with Crippen LogP contribution in [0.15, 0.2) is 24.3 Å². The van der Waals surface area contributed by atoms with Gasteiger partial charge in [-0.15, -0.1) is 0 Å². The zero-order chi connectivity index (χ0) is 12.4. The Morgan fingerprint density at radius 3 is 2.65 bits per heavy atom. The second kappa shape index (κ2) is 4.59.